The van der Waals surface area contributed by atoms with Crippen molar-refractivity contribution in [3.05, 3.63) is 46.7 Å². The number of anilines is 2. The lowest BCUT2D eigenvalue weighted by Gasteiger charge is -2.26. The second-order valence-electron chi connectivity index (χ2n) is 7.22. The van der Waals surface area contributed by atoms with Gasteiger partial charge in [-0.15, -0.1) is 0 Å². The molecule has 0 unspecified atom stereocenters. The summed E-state index contributed by atoms with van der Waals surface area (Å²) in [7, 11) is 1.60. The molecule has 3 aromatic rings. The number of aromatic nitrogens is 2. The van der Waals surface area contributed by atoms with Crippen LogP contribution in [0.15, 0.2) is 36.7 Å². The summed E-state index contributed by atoms with van der Waals surface area (Å²) in [5.74, 6) is 1.71. The largest absolute Gasteiger partial charge is 0.493 e. The van der Waals surface area contributed by atoms with Crippen LogP contribution >= 0.6 is 35.4 Å². The van der Waals surface area contributed by atoms with Crippen LogP contribution in [0.1, 0.15) is 0 Å². The first-order chi connectivity index (χ1) is 16.0. The predicted molar refractivity (Wildman–Crippen MR) is 135 cm³/mol. The molecule has 0 bridgehead atoms. The van der Waals surface area contributed by atoms with Crippen molar-refractivity contribution in [3.8, 4) is 11.5 Å². The average Bonchev–Trinajstić information content (AvgIpc) is 2.82. The van der Waals surface area contributed by atoms with E-state index < -0.39 is 0 Å². The molecule has 1 aromatic heterocycles. The molecule has 33 heavy (non-hydrogen) atoms. The van der Waals surface area contributed by atoms with Gasteiger partial charge in [-0.2, -0.15) is 0 Å². The van der Waals surface area contributed by atoms with Gasteiger partial charge in [0.1, 0.15) is 18.8 Å². The average molecular weight is 508 g/mol. The van der Waals surface area contributed by atoms with Gasteiger partial charge in [-0.3, -0.25) is 4.90 Å². The van der Waals surface area contributed by atoms with Crippen LogP contribution in [0.3, 0.4) is 0 Å². The molecule has 2 aromatic carbocycles. The van der Waals surface area contributed by atoms with Crippen LogP contribution in [0.2, 0.25) is 10.0 Å². The summed E-state index contributed by atoms with van der Waals surface area (Å²) in [5, 5.41) is 8.03. The number of morpholine rings is 1. The van der Waals surface area contributed by atoms with E-state index in [0.29, 0.717) is 45.2 Å². The van der Waals surface area contributed by atoms with Gasteiger partial charge < -0.3 is 24.8 Å². The van der Waals surface area contributed by atoms with Crippen LogP contribution in [0.4, 0.5) is 11.5 Å². The van der Waals surface area contributed by atoms with Gasteiger partial charge in [-0.1, -0.05) is 29.3 Å². The lowest BCUT2D eigenvalue weighted by Crippen LogP contribution is -2.38. The lowest BCUT2D eigenvalue weighted by molar-refractivity contribution is 0.0321. The number of rotatable bonds is 7. The summed E-state index contributed by atoms with van der Waals surface area (Å²) in [4.78, 5) is 11.0. The molecule has 0 aliphatic carbocycles. The fraction of sp³-hybridized carbons (Fsp3) is 0.318. The van der Waals surface area contributed by atoms with Crippen LogP contribution in [0.5, 0.6) is 11.5 Å². The van der Waals surface area contributed by atoms with E-state index in [1.54, 1.807) is 25.3 Å². The number of hydrogen-bond acceptors (Lipinski definition) is 7. The molecule has 1 aliphatic rings. The maximum atomic E-state index is 6.22. The minimum atomic E-state index is 0.287. The molecule has 0 saturated carbocycles. The van der Waals surface area contributed by atoms with Gasteiger partial charge in [0.25, 0.3) is 0 Å². The Hall–Kier alpha value is -2.43. The number of fused-ring (bicyclic) bond motifs is 1. The molecule has 1 aliphatic heterocycles. The summed E-state index contributed by atoms with van der Waals surface area (Å²) >= 11 is 17.9. The zero-order chi connectivity index (χ0) is 23.2. The first kappa shape index (κ1) is 23.7. The molecular weight excluding hydrogens is 485 g/mol. The Kier molecular flexibility index (Phi) is 8.00. The Morgan fingerprint density at radius 2 is 1.88 bits per heavy atom. The van der Waals surface area contributed by atoms with Crippen molar-refractivity contribution in [2.45, 2.75) is 0 Å². The molecule has 11 heteroatoms. The Balaban J connectivity index is 1.49. The summed E-state index contributed by atoms with van der Waals surface area (Å²) in [6.07, 6.45) is 1.46. The quantitative estimate of drug-likeness (QED) is 0.450. The van der Waals surface area contributed by atoms with E-state index in [4.69, 9.17) is 49.6 Å². The second kappa shape index (κ2) is 11.1. The van der Waals surface area contributed by atoms with Crippen molar-refractivity contribution in [1.82, 2.24) is 14.9 Å². The number of ether oxygens (including phenoxy) is 3. The van der Waals surface area contributed by atoms with Crippen molar-refractivity contribution >= 4 is 62.9 Å². The molecule has 0 spiro atoms. The maximum absolute atomic E-state index is 6.22. The minimum Gasteiger partial charge on any atom is -0.493 e. The molecule has 2 heterocycles. The zero-order valence-corrected chi connectivity index (χ0v) is 20.3. The molecule has 2 N–H and O–H groups in total. The number of benzene rings is 2. The van der Waals surface area contributed by atoms with Gasteiger partial charge in [-0.25, -0.2) is 9.97 Å². The van der Waals surface area contributed by atoms with Crippen molar-refractivity contribution < 1.29 is 14.2 Å². The third-order valence-corrected chi connectivity index (χ3v) is 5.96. The fourth-order valence-electron chi connectivity index (χ4n) is 3.41. The van der Waals surface area contributed by atoms with E-state index in [9.17, 15) is 0 Å². The van der Waals surface area contributed by atoms with Gasteiger partial charge in [0, 0.05) is 31.1 Å². The first-order valence-corrected chi connectivity index (χ1v) is 11.5. The molecule has 1 fully saturated rings. The van der Waals surface area contributed by atoms with Crippen molar-refractivity contribution in [3.63, 3.8) is 0 Å². The zero-order valence-electron chi connectivity index (χ0n) is 17.9. The Bertz CT molecular complexity index is 1120. The standard InChI is InChI=1S/C22H23Cl2N5O3S/c1-30-18-11-14-17(12-19(18)32-10-7-29-5-8-31-9-6-29)25-13-26-21(14)28-22(33)27-20-15(23)3-2-4-16(20)24/h2-4,11-13H,5-10H2,1H3,(H2,25,26,27,28,33). The summed E-state index contributed by atoms with van der Waals surface area (Å²) in [6.45, 7) is 4.68. The SMILES string of the molecule is COc1cc2c(NC(=S)Nc3c(Cl)cccc3Cl)ncnc2cc1OCCN1CCOCC1. The third-order valence-electron chi connectivity index (χ3n) is 5.12. The number of hydrogen-bond donors (Lipinski definition) is 2. The van der Waals surface area contributed by atoms with Crippen LogP contribution < -0.4 is 20.1 Å². The molecule has 1 saturated heterocycles. The molecule has 174 valence electrons. The Morgan fingerprint density at radius 3 is 2.61 bits per heavy atom. The Morgan fingerprint density at radius 1 is 1.12 bits per heavy atom. The number of nitrogens with one attached hydrogen (secondary N) is 2. The fourth-order valence-corrected chi connectivity index (χ4v) is 4.11. The molecule has 0 amide bonds. The highest BCUT2D eigenvalue weighted by atomic mass is 35.5. The predicted octanol–water partition coefficient (Wildman–Crippen LogP) is 4.47. The molecule has 4 rings (SSSR count). The van der Waals surface area contributed by atoms with E-state index in [2.05, 4.69) is 25.5 Å². The highest BCUT2D eigenvalue weighted by molar-refractivity contribution is 7.80. The van der Waals surface area contributed by atoms with Gasteiger partial charge >= 0.3 is 0 Å². The topological polar surface area (TPSA) is 80.8 Å². The van der Waals surface area contributed by atoms with Gasteiger partial charge in [0.2, 0.25) is 0 Å². The number of halogens is 2. The summed E-state index contributed by atoms with van der Waals surface area (Å²) in [6, 6.07) is 8.87. The molecule has 0 atom stereocenters. The smallest absolute Gasteiger partial charge is 0.176 e. The number of nitrogens with zero attached hydrogens (tertiary/aromatic N) is 3. The first-order valence-electron chi connectivity index (χ1n) is 10.3. The third kappa shape index (κ3) is 5.93. The van der Waals surface area contributed by atoms with Crippen molar-refractivity contribution in [2.75, 3.05) is 57.2 Å². The van der Waals surface area contributed by atoms with Crippen LogP contribution in [0.25, 0.3) is 10.9 Å². The lowest BCUT2D eigenvalue weighted by atomic mass is 10.2. The van der Waals surface area contributed by atoms with Crippen molar-refractivity contribution in [1.29, 1.82) is 0 Å². The van der Waals surface area contributed by atoms with E-state index >= 15 is 0 Å². The van der Waals surface area contributed by atoms with Crippen LogP contribution in [-0.2, 0) is 4.74 Å². The molecule has 8 nitrogen and oxygen atoms in total. The molecule has 0 radical (unpaired) electrons. The monoisotopic (exact) mass is 507 g/mol. The van der Waals surface area contributed by atoms with E-state index in [1.807, 2.05) is 12.1 Å². The van der Waals surface area contributed by atoms with Crippen molar-refractivity contribution in [2.24, 2.45) is 0 Å². The molecular formula is C22H23Cl2N5O3S. The maximum Gasteiger partial charge on any atom is 0.176 e. The highest BCUT2D eigenvalue weighted by Gasteiger charge is 2.15. The Labute approximate surface area is 207 Å². The highest BCUT2D eigenvalue weighted by Crippen LogP contribution is 2.34. The second-order valence-corrected chi connectivity index (χ2v) is 8.44. The van der Waals surface area contributed by atoms with Gasteiger partial charge in [-0.05, 0) is 30.4 Å². The number of thiocarbonyl (C=S) groups is 1. The van der Waals surface area contributed by atoms with Gasteiger partial charge in [0.15, 0.2) is 16.6 Å². The number of para-hydroxylation sites is 1. The van der Waals surface area contributed by atoms with Crippen LogP contribution in [0, 0.1) is 0 Å². The van der Waals surface area contributed by atoms with Crippen LogP contribution in [-0.4, -0.2) is 66.5 Å². The summed E-state index contributed by atoms with van der Waals surface area (Å²) < 4.78 is 17.0. The van der Waals surface area contributed by atoms with E-state index in [-0.39, 0.29) is 5.11 Å². The summed E-state index contributed by atoms with van der Waals surface area (Å²) in [5.41, 5.74) is 1.21. The minimum absolute atomic E-state index is 0.287. The number of methoxy groups -OCH3 is 1. The van der Waals surface area contributed by atoms with E-state index in [0.717, 1.165) is 38.2 Å². The normalized spacial score (nSPS) is 14.2. The van der Waals surface area contributed by atoms with E-state index in [1.165, 1.54) is 6.33 Å². The van der Waals surface area contributed by atoms with Gasteiger partial charge in [0.05, 0.1) is 41.6 Å².